The largest absolute Gasteiger partial charge is 0.394 e. The fourth-order valence-electron chi connectivity index (χ4n) is 1.01. The van der Waals surface area contributed by atoms with Gasteiger partial charge in [-0.1, -0.05) is 0 Å². The van der Waals surface area contributed by atoms with Crippen molar-refractivity contribution in [3.05, 3.63) is 0 Å². The smallest absolute Gasteiger partial charge is 0.0671 e. The number of aliphatic hydroxyl groups is 1. The molecule has 3 nitrogen and oxygen atoms in total. The van der Waals surface area contributed by atoms with Crippen molar-refractivity contribution in [2.75, 3.05) is 26.9 Å². The van der Waals surface area contributed by atoms with Gasteiger partial charge in [0, 0.05) is 6.61 Å². The number of hydrogen-bond acceptors (Lipinski definition) is 3. The molecule has 0 aliphatic carbocycles. The third-order valence-corrected chi connectivity index (χ3v) is 1.94. The Morgan fingerprint density at radius 2 is 2.56 bits per heavy atom. The second-order valence-electron chi connectivity index (χ2n) is 2.49. The second kappa shape index (κ2) is 2.64. The van der Waals surface area contributed by atoms with Crippen LogP contribution in [-0.2, 0) is 4.74 Å². The van der Waals surface area contributed by atoms with Crippen LogP contribution in [0.25, 0.3) is 0 Å². The lowest BCUT2D eigenvalue weighted by Gasteiger charge is -2.23. The highest BCUT2D eigenvalue weighted by molar-refractivity contribution is 4.89. The normalized spacial score (nSPS) is 35.3. The molecule has 1 aliphatic rings. The van der Waals surface area contributed by atoms with Crippen LogP contribution in [0.4, 0.5) is 0 Å². The molecule has 0 saturated carbocycles. The number of hydrogen-bond donors (Lipinski definition) is 2. The van der Waals surface area contributed by atoms with Crippen LogP contribution in [-0.4, -0.2) is 37.5 Å². The molecule has 0 spiro atoms. The maximum Gasteiger partial charge on any atom is 0.0671 e. The van der Waals surface area contributed by atoms with E-state index in [1.165, 1.54) is 0 Å². The van der Waals surface area contributed by atoms with E-state index in [4.69, 9.17) is 9.84 Å². The van der Waals surface area contributed by atoms with Crippen LogP contribution in [0.1, 0.15) is 6.42 Å². The molecule has 1 saturated heterocycles. The summed E-state index contributed by atoms with van der Waals surface area (Å²) in [6.07, 6.45) is 0.917. The Bertz CT molecular complexity index is 83.1. The summed E-state index contributed by atoms with van der Waals surface area (Å²) in [5.41, 5.74) is -0.139. The molecular formula is C6H13NO2. The predicted molar refractivity (Wildman–Crippen MR) is 34.3 cm³/mol. The van der Waals surface area contributed by atoms with Crippen molar-refractivity contribution in [2.45, 2.75) is 12.0 Å². The minimum absolute atomic E-state index is 0.139. The molecule has 0 bridgehead atoms. The van der Waals surface area contributed by atoms with Crippen LogP contribution in [0.15, 0.2) is 0 Å². The Kier molecular flexibility index (Phi) is 2.05. The number of nitrogens with one attached hydrogen (secondary N) is 1. The van der Waals surface area contributed by atoms with E-state index in [0.717, 1.165) is 13.0 Å². The van der Waals surface area contributed by atoms with E-state index < -0.39 is 0 Å². The Balaban J connectivity index is 2.45. The van der Waals surface area contributed by atoms with Crippen LogP contribution < -0.4 is 5.32 Å². The Morgan fingerprint density at radius 1 is 1.78 bits per heavy atom. The van der Waals surface area contributed by atoms with E-state index in [1.54, 1.807) is 0 Å². The molecule has 0 unspecified atom stereocenters. The second-order valence-corrected chi connectivity index (χ2v) is 2.49. The highest BCUT2D eigenvalue weighted by atomic mass is 16.5. The van der Waals surface area contributed by atoms with Crippen molar-refractivity contribution in [1.29, 1.82) is 0 Å². The Labute approximate surface area is 55.0 Å². The third-order valence-electron chi connectivity index (χ3n) is 1.94. The first kappa shape index (κ1) is 6.99. The molecule has 0 radical (unpaired) electrons. The van der Waals surface area contributed by atoms with Gasteiger partial charge in [0.05, 0.1) is 18.8 Å². The summed E-state index contributed by atoms with van der Waals surface area (Å²) in [7, 11) is 1.85. The molecule has 1 fully saturated rings. The molecule has 54 valence electrons. The third kappa shape index (κ3) is 1.23. The van der Waals surface area contributed by atoms with Crippen molar-refractivity contribution in [3.8, 4) is 0 Å². The minimum Gasteiger partial charge on any atom is -0.394 e. The first-order valence-corrected chi connectivity index (χ1v) is 3.20. The topological polar surface area (TPSA) is 41.5 Å². The SMILES string of the molecule is CN[C@]1(CO)CCOC1. The summed E-state index contributed by atoms with van der Waals surface area (Å²) in [4.78, 5) is 0. The average molecular weight is 131 g/mol. The van der Waals surface area contributed by atoms with Gasteiger partial charge >= 0.3 is 0 Å². The monoisotopic (exact) mass is 131 g/mol. The molecule has 2 N–H and O–H groups in total. The summed E-state index contributed by atoms with van der Waals surface area (Å²) in [6, 6.07) is 0. The van der Waals surface area contributed by atoms with Gasteiger partial charge in [-0.15, -0.1) is 0 Å². The fourth-order valence-corrected chi connectivity index (χ4v) is 1.01. The summed E-state index contributed by atoms with van der Waals surface area (Å²) in [6.45, 7) is 1.57. The van der Waals surface area contributed by atoms with Crippen molar-refractivity contribution in [2.24, 2.45) is 0 Å². The van der Waals surface area contributed by atoms with E-state index in [-0.39, 0.29) is 12.1 Å². The van der Waals surface area contributed by atoms with Gasteiger partial charge in [0.1, 0.15) is 0 Å². The van der Waals surface area contributed by atoms with Crippen LogP contribution in [0.2, 0.25) is 0 Å². The predicted octanol–water partition coefficient (Wildman–Crippen LogP) is -0.643. The van der Waals surface area contributed by atoms with Crippen molar-refractivity contribution in [3.63, 3.8) is 0 Å². The van der Waals surface area contributed by atoms with E-state index in [9.17, 15) is 0 Å². The molecule has 0 amide bonds. The quantitative estimate of drug-likeness (QED) is 0.523. The standard InChI is InChI=1S/C6H13NO2/c1-7-6(4-8)2-3-9-5-6/h7-8H,2-5H2,1H3/t6-/m0/s1. The average Bonchev–Trinajstić information content (AvgIpc) is 2.36. The summed E-state index contributed by atoms with van der Waals surface area (Å²) in [5.74, 6) is 0. The maximum absolute atomic E-state index is 8.87. The van der Waals surface area contributed by atoms with Gasteiger partial charge in [-0.25, -0.2) is 0 Å². The van der Waals surface area contributed by atoms with Gasteiger partial charge in [0.2, 0.25) is 0 Å². The molecule has 1 rings (SSSR count). The number of rotatable bonds is 2. The lowest BCUT2D eigenvalue weighted by molar-refractivity contribution is 0.126. The molecule has 0 aromatic carbocycles. The molecule has 1 aliphatic heterocycles. The lowest BCUT2D eigenvalue weighted by Crippen LogP contribution is -2.46. The molecule has 1 heterocycles. The van der Waals surface area contributed by atoms with Gasteiger partial charge in [0.25, 0.3) is 0 Å². The Hall–Kier alpha value is -0.120. The molecule has 9 heavy (non-hydrogen) atoms. The lowest BCUT2D eigenvalue weighted by atomic mass is 10.0. The number of ether oxygens (including phenoxy) is 1. The zero-order valence-corrected chi connectivity index (χ0v) is 5.68. The molecule has 0 aromatic rings. The molecule has 0 aromatic heterocycles. The molecule has 1 atom stereocenters. The highest BCUT2D eigenvalue weighted by Crippen LogP contribution is 2.16. The summed E-state index contributed by atoms with van der Waals surface area (Å²) < 4.78 is 5.12. The van der Waals surface area contributed by atoms with Gasteiger partial charge in [-0.3, -0.25) is 0 Å². The zero-order chi connectivity index (χ0) is 6.74. The zero-order valence-electron chi connectivity index (χ0n) is 5.68. The van der Waals surface area contributed by atoms with Crippen molar-refractivity contribution < 1.29 is 9.84 Å². The van der Waals surface area contributed by atoms with E-state index in [0.29, 0.717) is 6.61 Å². The number of aliphatic hydroxyl groups excluding tert-OH is 1. The van der Waals surface area contributed by atoms with Crippen molar-refractivity contribution >= 4 is 0 Å². The summed E-state index contributed by atoms with van der Waals surface area (Å²) >= 11 is 0. The van der Waals surface area contributed by atoms with Gasteiger partial charge in [0.15, 0.2) is 0 Å². The summed E-state index contributed by atoms with van der Waals surface area (Å²) in [5, 5.41) is 11.9. The van der Waals surface area contributed by atoms with Gasteiger partial charge in [-0.05, 0) is 13.5 Å². The van der Waals surface area contributed by atoms with Crippen molar-refractivity contribution in [1.82, 2.24) is 5.32 Å². The van der Waals surface area contributed by atoms with Gasteiger partial charge in [-0.2, -0.15) is 0 Å². The van der Waals surface area contributed by atoms with E-state index in [1.807, 2.05) is 7.05 Å². The van der Waals surface area contributed by atoms with E-state index in [2.05, 4.69) is 5.32 Å². The highest BCUT2D eigenvalue weighted by Gasteiger charge is 2.31. The fraction of sp³-hybridized carbons (Fsp3) is 1.00. The van der Waals surface area contributed by atoms with E-state index >= 15 is 0 Å². The molecule has 3 heteroatoms. The first-order valence-electron chi connectivity index (χ1n) is 3.20. The van der Waals surface area contributed by atoms with Crippen LogP contribution >= 0.6 is 0 Å². The van der Waals surface area contributed by atoms with Crippen LogP contribution in [0.3, 0.4) is 0 Å². The Morgan fingerprint density at radius 3 is 2.78 bits per heavy atom. The van der Waals surface area contributed by atoms with Crippen LogP contribution in [0.5, 0.6) is 0 Å². The minimum atomic E-state index is -0.139. The van der Waals surface area contributed by atoms with Gasteiger partial charge < -0.3 is 15.2 Å². The first-order chi connectivity index (χ1) is 4.33. The number of likely N-dealkylation sites (N-methyl/N-ethyl adjacent to an activating group) is 1. The molecular weight excluding hydrogens is 118 g/mol. The van der Waals surface area contributed by atoms with Crippen LogP contribution in [0, 0.1) is 0 Å². The maximum atomic E-state index is 8.87.